The highest BCUT2D eigenvalue weighted by atomic mass is 35.5. The summed E-state index contributed by atoms with van der Waals surface area (Å²) >= 11 is 6.00. The Morgan fingerprint density at radius 2 is 1.72 bits per heavy atom. The van der Waals surface area contributed by atoms with Gasteiger partial charge in [0.1, 0.15) is 17.9 Å². The highest BCUT2D eigenvalue weighted by Gasteiger charge is 2.25. The van der Waals surface area contributed by atoms with Gasteiger partial charge in [-0.2, -0.15) is 0 Å². The number of carbonyl (C=O) groups is 1. The van der Waals surface area contributed by atoms with Crippen molar-refractivity contribution in [2.45, 2.75) is 6.61 Å². The van der Waals surface area contributed by atoms with Crippen LogP contribution >= 0.6 is 11.6 Å². The van der Waals surface area contributed by atoms with Crippen molar-refractivity contribution in [3.8, 4) is 28.1 Å². The summed E-state index contributed by atoms with van der Waals surface area (Å²) in [5.74, 6) is 0.909. The second-order valence-corrected chi connectivity index (χ2v) is 8.09. The van der Waals surface area contributed by atoms with E-state index in [9.17, 15) is 4.79 Å². The van der Waals surface area contributed by atoms with E-state index in [0.717, 1.165) is 39.1 Å². The molecule has 4 nitrogen and oxygen atoms in total. The maximum absolute atomic E-state index is 13.4. The summed E-state index contributed by atoms with van der Waals surface area (Å²) in [4.78, 5) is 18.1. The maximum Gasteiger partial charge on any atom is 0.228 e. The summed E-state index contributed by atoms with van der Waals surface area (Å²) < 4.78 is 12.0. The van der Waals surface area contributed by atoms with Crippen LogP contribution in [-0.2, 0) is 6.61 Å². The van der Waals surface area contributed by atoms with Gasteiger partial charge in [-0.3, -0.25) is 9.78 Å². The molecule has 1 aliphatic heterocycles. The zero-order valence-corrected chi connectivity index (χ0v) is 17.6. The number of fused-ring (bicyclic) bond motifs is 4. The molecular formula is C27H16ClNO3. The summed E-state index contributed by atoms with van der Waals surface area (Å²) in [6, 6.07) is 24.4. The van der Waals surface area contributed by atoms with Gasteiger partial charge in [-0.05, 0) is 48.5 Å². The highest BCUT2D eigenvalue weighted by Crippen LogP contribution is 2.40. The number of aromatic nitrogens is 1. The molecule has 3 aromatic carbocycles. The molecule has 5 aromatic rings. The van der Waals surface area contributed by atoms with Gasteiger partial charge < -0.3 is 9.15 Å². The zero-order valence-electron chi connectivity index (χ0n) is 16.8. The molecule has 32 heavy (non-hydrogen) atoms. The van der Waals surface area contributed by atoms with Gasteiger partial charge in [0.25, 0.3) is 0 Å². The smallest absolute Gasteiger partial charge is 0.228 e. The van der Waals surface area contributed by atoms with E-state index >= 15 is 0 Å². The van der Waals surface area contributed by atoms with Crippen LogP contribution in [0.1, 0.15) is 21.7 Å². The normalized spacial score (nSPS) is 12.2. The van der Waals surface area contributed by atoms with Gasteiger partial charge in [-0.25, -0.2) is 0 Å². The summed E-state index contributed by atoms with van der Waals surface area (Å²) in [5.41, 5.74) is 5.54. The van der Waals surface area contributed by atoms with Gasteiger partial charge in [0.15, 0.2) is 5.76 Å². The number of carbonyl (C=O) groups excluding carboxylic acids is 1. The SMILES string of the molecule is O=C(c1ccc(Cl)cc1)c1oc2ccccc2c1-c1cnc2c(c1)COc1ccccc1-2. The predicted molar refractivity (Wildman–Crippen MR) is 124 cm³/mol. The van der Waals surface area contributed by atoms with Gasteiger partial charge in [-0.1, -0.05) is 41.9 Å². The largest absolute Gasteiger partial charge is 0.488 e. The number of rotatable bonds is 3. The number of hydrogen-bond acceptors (Lipinski definition) is 4. The number of hydrogen-bond donors (Lipinski definition) is 0. The first-order valence-electron chi connectivity index (χ1n) is 10.2. The Labute approximate surface area is 189 Å². The minimum absolute atomic E-state index is 0.202. The summed E-state index contributed by atoms with van der Waals surface area (Å²) in [6.07, 6.45) is 1.80. The van der Waals surface area contributed by atoms with Crippen LogP contribution in [-0.4, -0.2) is 10.8 Å². The Morgan fingerprint density at radius 1 is 0.938 bits per heavy atom. The van der Waals surface area contributed by atoms with Gasteiger partial charge in [0.05, 0.1) is 5.69 Å². The molecule has 2 aromatic heterocycles. The molecule has 154 valence electrons. The molecule has 1 aliphatic rings. The molecule has 0 saturated carbocycles. The molecule has 0 atom stereocenters. The summed E-state index contributed by atoms with van der Waals surface area (Å²) in [5, 5.41) is 1.44. The van der Waals surface area contributed by atoms with E-state index in [2.05, 4.69) is 0 Å². The number of halogens is 1. The number of benzene rings is 3. The molecule has 3 heterocycles. The third-order valence-corrected chi connectivity index (χ3v) is 5.94. The molecule has 0 amide bonds. The molecular weight excluding hydrogens is 422 g/mol. The Kier molecular flexibility index (Phi) is 4.33. The molecule has 0 spiro atoms. The van der Waals surface area contributed by atoms with E-state index in [4.69, 9.17) is 25.7 Å². The van der Waals surface area contributed by atoms with Crippen LogP contribution in [0.4, 0.5) is 0 Å². The average molecular weight is 438 g/mol. The van der Waals surface area contributed by atoms with Crippen molar-refractivity contribution in [3.05, 3.63) is 107 Å². The van der Waals surface area contributed by atoms with Crippen LogP contribution in [0.15, 0.2) is 89.5 Å². The van der Waals surface area contributed by atoms with Crippen LogP contribution in [0.2, 0.25) is 5.02 Å². The Hall–Kier alpha value is -3.89. The molecule has 0 unspecified atom stereocenters. The minimum Gasteiger partial charge on any atom is -0.488 e. The van der Waals surface area contributed by atoms with Gasteiger partial charge in [-0.15, -0.1) is 0 Å². The summed E-state index contributed by atoms with van der Waals surface area (Å²) in [7, 11) is 0. The van der Waals surface area contributed by atoms with Crippen LogP contribution in [0.3, 0.4) is 0 Å². The van der Waals surface area contributed by atoms with Crippen LogP contribution < -0.4 is 4.74 Å². The summed E-state index contributed by atoms with van der Waals surface area (Å²) in [6.45, 7) is 0.420. The fourth-order valence-electron chi connectivity index (χ4n) is 4.17. The Bertz CT molecular complexity index is 1500. The third-order valence-electron chi connectivity index (χ3n) is 5.69. The third kappa shape index (κ3) is 3.00. The molecule has 0 aliphatic carbocycles. The zero-order chi connectivity index (χ0) is 21.7. The topological polar surface area (TPSA) is 52.3 Å². The van der Waals surface area contributed by atoms with Crippen LogP contribution in [0.5, 0.6) is 5.75 Å². The first-order chi connectivity index (χ1) is 15.7. The highest BCUT2D eigenvalue weighted by molar-refractivity contribution is 6.30. The van der Waals surface area contributed by atoms with E-state index in [1.807, 2.05) is 54.6 Å². The Balaban J connectivity index is 1.53. The number of ketones is 1. The molecule has 0 N–H and O–H groups in total. The molecule has 0 bridgehead atoms. The van der Waals surface area contributed by atoms with E-state index in [0.29, 0.717) is 22.8 Å². The average Bonchev–Trinajstić information content (AvgIpc) is 3.23. The monoisotopic (exact) mass is 437 g/mol. The van der Waals surface area contributed by atoms with Crippen molar-refractivity contribution in [2.75, 3.05) is 0 Å². The molecule has 5 heteroatoms. The molecule has 0 saturated heterocycles. The first kappa shape index (κ1) is 18.8. The number of ether oxygens (including phenoxy) is 1. The number of para-hydroxylation sites is 2. The fraction of sp³-hybridized carbons (Fsp3) is 0.0370. The minimum atomic E-state index is -0.202. The Morgan fingerprint density at radius 3 is 2.59 bits per heavy atom. The lowest BCUT2D eigenvalue weighted by Gasteiger charge is -2.20. The van der Waals surface area contributed by atoms with E-state index in [1.165, 1.54) is 0 Å². The number of furan rings is 1. The van der Waals surface area contributed by atoms with Crippen molar-refractivity contribution >= 4 is 28.4 Å². The lowest BCUT2D eigenvalue weighted by Crippen LogP contribution is -2.07. The van der Waals surface area contributed by atoms with Crippen molar-refractivity contribution in [1.29, 1.82) is 0 Å². The lowest BCUT2D eigenvalue weighted by atomic mass is 9.95. The van der Waals surface area contributed by atoms with E-state index in [1.54, 1.807) is 30.5 Å². The second-order valence-electron chi connectivity index (χ2n) is 7.65. The van der Waals surface area contributed by atoms with Gasteiger partial charge in [0.2, 0.25) is 5.78 Å². The van der Waals surface area contributed by atoms with Crippen molar-refractivity contribution in [2.24, 2.45) is 0 Å². The standard InChI is InChI=1S/C27H16ClNO3/c28-19-11-9-16(10-12-19)26(30)27-24(20-5-1-4-8-23(20)32-27)17-13-18-15-31-22-7-3-2-6-21(22)25(18)29-14-17/h1-14H,15H2. The van der Waals surface area contributed by atoms with Crippen molar-refractivity contribution in [3.63, 3.8) is 0 Å². The van der Waals surface area contributed by atoms with Crippen molar-refractivity contribution in [1.82, 2.24) is 4.98 Å². The van der Waals surface area contributed by atoms with Crippen LogP contribution in [0, 0.1) is 0 Å². The molecule has 6 rings (SSSR count). The fourth-order valence-corrected chi connectivity index (χ4v) is 4.29. The molecule has 0 radical (unpaired) electrons. The second kappa shape index (κ2) is 7.36. The predicted octanol–water partition coefficient (Wildman–Crippen LogP) is 6.94. The van der Waals surface area contributed by atoms with Gasteiger partial charge in [0, 0.05) is 44.4 Å². The van der Waals surface area contributed by atoms with E-state index in [-0.39, 0.29) is 11.5 Å². The number of nitrogens with zero attached hydrogens (tertiary/aromatic N) is 1. The quantitative estimate of drug-likeness (QED) is 0.287. The van der Waals surface area contributed by atoms with E-state index < -0.39 is 0 Å². The van der Waals surface area contributed by atoms with Crippen molar-refractivity contribution < 1.29 is 13.9 Å². The molecule has 0 fully saturated rings. The van der Waals surface area contributed by atoms with Gasteiger partial charge >= 0.3 is 0 Å². The lowest BCUT2D eigenvalue weighted by molar-refractivity contribution is 0.101. The maximum atomic E-state index is 13.4. The van der Waals surface area contributed by atoms with Crippen LogP contribution in [0.25, 0.3) is 33.4 Å². The number of pyridine rings is 1. The first-order valence-corrected chi connectivity index (χ1v) is 10.6.